The number of thioether (sulfide) groups is 1. The molecule has 0 spiro atoms. The van der Waals surface area contributed by atoms with Crippen LogP contribution in [0, 0.1) is 12.7 Å². The molecule has 0 fully saturated rings. The van der Waals surface area contributed by atoms with Crippen LogP contribution in [0.5, 0.6) is 0 Å². The molecule has 22 heavy (non-hydrogen) atoms. The Labute approximate surface area is 134 Å². The quantitative estimate of drug-likeness (QED) is 0.567. The molecule has 0 saturated carbocycles. The lowest BCUT2D eigenvalue weighted by Gasteiger charge is -1.96. The molecule has 0 atom stereocenters. The topological polar surface area (TPSA) is 58.6 Å². The van der Waals surface area contributed by atoms with Crippen molar-refractivity contribution < 1.29 is 9.18 Å². The van der Waals surface area contributed by atoms with Gasteiger partial charge in [0.1, 0.15) is 5.82 Å². The van der Waals surface area contributed by atoms with E-state index in [1.54, 1.807) is 18.2 Å². The summed E-state index contributed by atoms with van der Waals surface area (Å²) in [7, 11) is 0. The Kier molecular flexibility index (Phi) is 4.35. The maximum absolute atomic E-state index is 13.7. The zero-order valence-corrected chi connectivity index (χ0v) is 13.3. The molecule has 2 heterocycles. The fraction of sp³-hybridized carbons (Fsp3) is 0.133. The van der Waals surface area contributed by atoms with Gasteiger partial charge in [-0.05, 0) is 31.2 Å². The van der Waals surface area contributed by atoms with Gasteiger partial charge in [-0.1, -0.05) is 23.9 Å². The monoisotopic (exact) mass is 333 g/mol. The molecule has 1 aromatic carbocycles. The van der Waals surface area contributed by atoms with E-state index in [1.165, 1.54) is 29.2 Å². The highest BCUT2D eigenvalue weighted by Gasteiger charge is 2.13. The molecule has 4 nitrogen and oxygen atoms in total. The van der Waals surface area contributed by atoms with Gasteiger partial charge >= 0.3 is 0 Å². The third kappa shape index (κ3) is 3.26. The lowest BCUT2D eigenvalue weighted by Crippen LogP contribution is -1.99. The van der Waals surface area contributed by atoms with Crippen LogP contribution in [0.25, 0.3) is 11.4 Å². The number of aromatic nitrogens is 3. The Bertz CT molecular complexity index is 812. The lowest BCUT2D eigenvalue weighted by molar-refractivity contribution is 0.102. The summed E-state index contributed by atoms with van der Waals surface area (Å²) in [6.45, 7) is 1.96. The van der Waals surface area contributed by atoms with E-state index in [-0.39, 0.29) is 17.4 Å². The third-order valence-electron chi connectivity index (χ3n) is 2.94. The van der Waals surface area contributed by atoms with Gasteiger partial charge < -0.3 is 0 Å². The molecule has 3 aromatic rings. The highest BCUT2D eigenvalue weighted by molar-refractivity contribution is 7.99. The maximum atomic E-state index is 13.7. The van der Waals surface area contributed by atoms with Crippen LogP contribution < -0.4 is 0 Å². The first-order valence-corrected chi connectivity index (χ1v) is 8.33. The van der Waals surface area contributed by atoms with Gasteiger partial charge in [0.2, 0.25) is 5.16 Å². The van der Waals surface area contributed by atoms with Crippen LogP contribution in [-0.4, -0.2) is 26.7 Å². The maximum Gasteiger partial charge on any atom is 0.209 e. The molecule has 2 aromatic heterocycles. The Morgan fingerprint density at radius 1 is 1.32 bits per heavy atom. The number of hydrogen-bond acceptors (Lipinski definition) is 5. The first-order chi connectivity index (χ1) is 10.6. The summed E-state index contributed by atoms with van der Waals surface area (Å²) in [5.41, 5.74) is 0.363. The number of ketones is 1. The van der Waals surface area contributed by atoms with Crippen LogP contribution in [0.1, 0.15) is 14.5 Å². The highest BCUT2D eigenvalue weighted by Crippen LogP contribution is 2.23. The minimum atomic E-state index is -0.361. The number of carbonyl (C=O) groups excluding carboxylic acids is 1. The molecule has 0 saturated heterocycles. The molecule has 112 valence electrons. The number of nitrogens with zero attached hydrogens (tertiary/aromatic N) is 2. The summed E-state index contributed by atoms with van der Waals surface area (Å²) >= 11 is 2.71. The van der Waals surface area contributed by atoms with E-state index in [1.807, 2.05) is 19.1 Å². The van der Waals surface area contributed by atoms with Crippen molar-refractivity contribution >= 4 is 28.9 Å². The second-order valence-corrected chi connectivity index (χ2v) is 6.80. The van der Waals surface area contributed by atoms with Crippen molar-refractivity contribution in [2.75, 3.05) is 5.75 Å². The van der Waals surface area contributed by atoms with Crippen molar-refractivity contribution in [2.45, 2.75) is 12.1 Å². The molecule has 0 radical (unpaired) electrons. The average Bonchev–Trinajstić information content (AvgIpc) is 3.14. The smallest absolute Gasteiger partial charge is 0.209 e. The van der Waals surface area contributed by atoms with Crippen molar-refractivity contribution in [1.82, 2.24) is 15.2 Å². The molecular weight excluding hydrogens is 321 g/mol. The number of hydrogen-bond donors (Lipinski definition) is 1. The fourth-order valence-electron chi connectivity index (χ4n) is 1.87. The van der Waals surface area contributed by atoms with Gasteiger partial charge in [0, 0.05) is 4.88 Å². The molecule has 0 aliphatic rings. The van der Waals surface area contributed by atoms with Crippen LogP contribution in [-0.2, 0) is 0 Å². The van der Waals surface area contributed by atoms with Crippen LogP contribution in [0.15, 0.2) is 41.6 Å². The lowest BCUT2D eigenvalue weighted by atomic mass is 10.2. The number of nitrogens with one attached hydrogen (secondary N) is 1. The first kappa shape index (κ1) is 14.9. The number of Topliss-reactive ketones (excluding diaryl/α,β-unsaturated/α-hetero) is 1. The third-order valence-corrected chi connectivity index (χ3v) is 4.83. The zero-order valence-electron chi connectivity index (χ0n) is 11.7. The van der Waals surface area contributed by atoms with Gasteiger partial charge in [-0.2, -0.15) is 0 Å². The second kappa shape index (κ2) is 6.41. The summed E-state index contributed by atoms with van der Waals surface area (Å²) in [5, 5.41) is 7.15. The predicted octanol–water partition coefficient (Wildman–Crippen LogP) is 3.96. The molecule has 0 unspecified atom stereocenters. The Morgan fingerprint density at radius 2 is 2.14 bits per heavy atom. The number of thiophene rings is 1. The summed E-state index contributed by atoms with van der Waals surface area (Å²) in [6.07, 6.45) is 0. The summed E-state index contributed by atoms with van der Waals surface area (Å²) < 4.78 is 13.7. The molecule has 0 aliphatic heterocycles. The molecule has 7 heteroatoms. The first-order valence-electron chi connectivity index (χ1n) is 6.53. The van der Waals surface area contributed by atoms with Gasteiger partial charge in [-0.25, -0.2) is 9.37 Å². The van der Waals surface area contributed by atoms with Crippen LogP contribution in [0.3, 0.4) is 0 Å². The highest BCUT2D eigenvalue weighted by atomic mass is 32.2. The number of benzene rings is 1. The van der Waals surface area contributed by atoms with Gasteiger partial charge in [-0.15, -0.1) is 16.4 Å². The van der Waals surface area contributed by atoms with E-state index < -0.39 is 0 Å². The number of carbonyl (C=O) groups is 1. The van der Waals surface area contributed by atoms with E-state index in [2.05, 4.69) is 15.2 Å². The Hall–Kier alpha value is -1.99. The minimum Gasteiger partial charge on any atom is -0.292 e. The minimum absolute atomic E-state index is 0.0420. The Balaban J connectivity index is 1.67. The van der Waals surface area contributed by atoms with E-state index in [0.717, 1.165) is 9.75 Å². The van der Waals surface area contributed by atoms with Crippen molar-refractivity contribution in [2.24, 2.45) is 0 Å². The van der Waals surface area contributed by atoms with Crippen molar-refractivity contribution in [3.05, 3.63) is 52.0 Å². The van der Waals surface area contributed by atoms with E-state index in [0.29, 0.717) is 16.5 Å². The van der Waals surface area contributed by atoms with E-state index in [9.17, 15) is 9.18 Å². The molecule has 0 amide bonds. The summed E-state index contributed by atoms with van der Waals surface area (Å²) in [6, 6.07) is 10.1. The normalized spacial score (nSPS) is 10.8. The van der Waals surface area contributed by atoms with Gasteiger partial charge in [-0.3, -0.25) is 9.89 Å². The van der Waals surface area contributed by atoms with Crippen LogP contribution >= 0.6 is 23.1 Å². The van der Waals surface area contributed by atoms with Crippen molar-refractivity contribution in [1.29, 1.82) is 0 Å². The number of halogens is 1. The summed E-state index contributed by atoms with van der Waals surface area (Å²) in [4.78, 5) is 18.1. The second-order valence-electron chi connectivity index (χ2n) is 4.57. The average molecular weight is 333 g/mol. The number of rotatable bonds is 5. The Morgan fingerprint density at radius 3 is 2.86 bits per heavy atom. The largest absolute Gasteiger partial charge is 0.292 e. The molecular formula is C15H12FN3OS2. The SMILES string of the molecule is Cc1ccc(C(=O)CSc2n[nH]c(-c3ccccc3F)n2)s1. The van der Waals surface area contributed by atoms with E-state index in [4.69, 9.17) is 0 Å². The van der Waals surface area contributed by atoms with Gasteiger partial charge in [0.05, 0.1) is 16.2 Å². The summed E-state index contributed by atoms with van der Waals surface area (Å²) in [5.74, 6) is 0.301. The molecule has 0 aliphatic carbocycles. The standard InChI is InChI=1S/C15H12FN3OS2/c1-9-6-7-13(22-9)12(20)8-21-15-17-14(18-19-15)10-4-2-3-5-11(10)16/h2-7H,8H2,1H3,(H,17,18,19). The molecule has 0 bridgehead atoms. The zero-order chi connectivity index (χ0) is 15.5. The van der Waals surface area contributed by atoms with Gasteiger partial charge in [0.15, 0.2) is 11.6 Å². The fourth-order valence-corrected chi connectivity index (χ4v) is 3.45. The van der Waals surface area contributed by atoms with Crippen molar-refractivity contribution in [3.8, 4) is 11.4 Å². The van der Waals surface area contributed by atoms with E-state index >= 15 is 0 Å². The van der Waals surface area contributed by atoms with Crippen LogP contribution in [0.2, 0.25) is 0 Å². The number of H-pyrrole nitrogens is 1. The van der Waals surface area contributed by atoms with Crippen LogP contribution in [0.4, 0.5) is 4.39 Å². The number of aromatic amines is 1. The molecule has 3 rings (SSSR count). The molecule has 1 N–H and O–H groups in total. The number of aryl methyl sites for hydroxylation is 1. The predicted molar refractivity (Wildman–Crippen MR) is 85.9 cm³/mol. The van der Waals surface area contributed by atoms with Crippen molar-refractivity contribution in [3.63, 3.8) is 0 Å². The van der Waals surface area contributed by atoms with Gasteiger partial charge in [0.25, 0.3) is 0 Å².